The van der Waals surface area contributed by atoms with E-state index in [1.165, 1.54) is 10.5 Å². The molecule has 3 heteroatoms. The van der Waals surface area contributed by atoms with E-state index < -0.39 is 0 Å². The Bertz CT molecular complexity index is 866. The van der Waals surface area contributed by atoms with Gasteiger partial charge in [-0.2, -0.15) is 0 Å². The molecule has 0 saturated carbocycles. The monoisotopic (exact) mass is 407 g/mol. The molecule has 0 bridgehead atoms. The smallest absolute Gasteiger partial charge is 0.0714 e. The first-order valence-corrected chi connectivity index (χ1v) is 9.67. The first kappa shape index (κ1) is 17.7. The minimum absolute atomic E-state index is 0.954. The highest BCUT2D eigenvalue weighted by Gasteiger charge is 2.01. The van der Waals surface area contributed by atoms with Crippen LogP contribution in [0, 0.1) is 6.92 Å². The van der Waals surface area contributed by atoms with E-state index in [1.54, 1.807) is 11.8 Å². The van der Waals surface area contributed by atoms with Crippen LogP contribution in [0.5, 0.6) is 0 Å². The number of benzene rings is 3. The Hall–Kier alpha value is -2.10. The molecule has 0 aliphatic rings. The van der Waals surface area contributed by atoms with Gasteiger partial charge in [0.05, 0.1) is 11.4 Å². The minimum atomic E-state index is 0.954. The van der Waals surface area contributed by atoms with E-state index in [1.807, 2.05) is 30.3 Å². The standard InChI is InChI=1S/C22H18BrNS/c1-17-7-9-18(10-8-17)22(24-20-5-3-2-4-6-20)15-16-25-21-13-11-19(23)12-14-21/h2-16H,1H3. The number of halogens is 1. The number of hydrogen-bond acceptors (Lipinski definition) is 2. The lowest BCUT2D eigenvalue weighted by atomic mass is 10.1. The Morgan fingerprint density at radius 1 is 0.880 bits per heavy atom. The molecular weight excluding hydrogens is 390 g/mol. The number of nitrogens with zero attached hydrogens (tertiary/aromatic N) is 1. The van der Waals surface area contributed by atoms with Crippen LogP contribution < -0.4 is 0 Å². The molecular formula is C22H18BrNS. The second-order valence-electron chi connectivity index (χ2n) is 5.57. The van der Waals surface area contributed by atoms with Gasteiger partial charge in [-0.15, -0.1) is 0 Å². The lowest BCUT2D eigenvalue weighted by Crippen LogP contribution is -1.96. The van der Waals surface area contributed by atoms with Crippen molar-refractivity contribution < 1.29 is 0 Å². The molecule has 3 aromatic rings. The van der Waals surface area contributed by atoms with Crippen molar-refractivity contribution in [2.75, 3.05) is 0 Å². The van der Waals surface area contributed by atoms with Gasteiger partial charge in [-0.1, -0.05) is 75.7 Å². The van der Waals surface area contributed by atoms with Gasteiger partial charge < -0.3 is 0 Å². The summed E-state index contributed by atoms with van der Waals surface area (Å²) in [5.74, 6) is 0. The molecule has 0 atom stereocenters. The lowest BCUT2D eigenvalue weighted by Gasteiger charge is -2.04. The number of hydrogen-bond donors (Lipinski definition) is 0. The van der Waals surface area contributed by atoms with Gasteiger partial charge in [0.15, 0.2) is 0 Å². The van der Waals surface area contributed by atoms with E-state index in [4.69, 9.17) is 4.99 Å². The van der Waals surface area contributed by atoms with Gasteiger partial charge in [0.2, 0.25) is 0 Å². The summed E-state index contributed by atoms with van der Waals surface area (Å²) in [5, 5.41) is 2.09. The molecule has 0 unspecified atom stereocenters. The maximum absolute atomic E-state index is 4.81. The average molecular weight is 408 g/mol. The summed E-state index contributed by atoms with van der Waals surface area (Å²) < 4.78 is 1.09. The summed E-state index contributed by atoms with van der Waals surface area (Å²) in [6, 6.07) is 26.8. The molecule has 0 aliphatic carbocycles. The van der Waals surface area contributed by atoms with Crippen molar-refractivity contribution in [1.29, 1.82) is 0 Å². The number of thioether (sulfide) groups is 1. The van der Waals surface area contributed by atoms with Crippen molar-refractivity contribution in [2.45, 2.75) is 11.8 Å². The van der Waals surface area contributed by atoms with E-state index in [0.717, 1.165) is 21.4 Å². The molecule has 0 aliphatic heterocycles. The molecule has 0 radical (unpaired) electrons. The Morgan fingerprint density at radius 2 is 1.56 bits per heavy atom. The zero-order chi connectivity index (χ0) is 17.5. The number of aliphatic imine (C=N–C) groups is 1. The van der Waals surface area contributed by atoms with Crippen LogP contribution in [0.3, 0.4) is 0 Å². The zero-order valence-corrected chi connectivity index (χ0v) is 16.3. The largest absolute Gasteiger partial charge is 0.248 e. The Kier molecular flexibility index (Phi) is 6.26. The number of aryl methyl sites for hydroxylation is 1. The predicted octanol–water partition coefficient (Wildman–Crippen LogP) is 7.18. The van der Waals surface area contributed by atoms with Gasteiger partial charge in [0.1, 0.15) is 0 Å². The van der Waals surface area contributed by atoms with Crippen LogP contribution in [-0.4, -0.2) is 5.71 Å². The highest BCUT2D eigenvalue weighted by Crippen LogP contribution is 2.22. The summed E-state index contributed by atoms with van der Waals surface area (Å²) in [7, 11) is 0. The van der Waals surface area contributed by atoms with Crippen molar-refractivity contribution in [1.82, 2.24) is 0 Å². The highest BCUT2D eigenvalue weighted by atomic mass is 79.9. The molecule has 1 nitrogen and oxygen atoms in total. The molecule has 0 aromatic heterocycles. The Morgan fingerprint density at radius 3 is 2.24 bits per heavy atom. The molecule has 3 aromatic carbocycles. The van der Waals surface area contributed by atoms with Crippen molar-refractivity contribution >= 4 is 39.1 Å². The molecule has 0 heterocycles. The van der Waals surface area contributed by atoms with Gasteiger partial charge in [-0.3, -0.25) is 0 Å². The van der Waals surface area contributed by atoms with Gasteiger partial charge in [0.25, 0.3) is 0 Å². The van der Waals surface area contributed by atoms with Crippen LogP contribution in [0.4, 0.5) is 5.69 Å². The fourth-order valence-electron chi connectivity index (χ4n) is 2.25. The Balaban J connectivity index is 1.85. The fourth-order valence-corrected chi connectivity index (χ4v) is 3.17. The summed E-state index contributed by atoms with van der Waals surface area (Å²) in [6.07, 6.45) is 2.07. The lowest BCUT2D eigenvalue weighted by molar-refractivity contribution is 1.44. The van der Waals surface area contributed by atoms with Crippen LogP contribution in [0.1, 0.15) is 11.1 Å². The number of allylic oxidation sites excluding steroid dienone is 1. The number of rotatable bonds is 5. The van der Waals surface area contributed by atoms with Gasteiger partial charge in [-0.05, 0) is 54.8 Å². The fraction of sp³-hybridized carbons (Fsp3) is 0.0455. The van der Waals surface area contributed by atoms with Crippen LogP contribution in [0.2, 0.25) is 0 Å². The zero-order valence-electron chi connectivity index (χ0n) is 13.9. The van der Waals surface area contributed by atoms with E-state index in [2.05, 4.69) is 82.9 Å². The third-order valence-electron chi connectivity index (χ3n) is 3.60. The SMILES string of the molecule is Cc1ccc(C(C=CSc2ccc(Br)cc2)=Nc2ccccc2)cc1. The highest BCUT2D eigenvalue weighted by molar-refractivity contribution is 9.10. The molecule has 25 heavy (non-hydrogen) atoms. The van der Waals surface area contributed by atoms with Crippen molar-refractivity contribution in [3.63, 3.8) is 0 Å². The Labute approximate surface area is 161 Å². The quantitative estimate of drug-likeness (QED) is 0.322. The molecule has 0 fully saturated rings. The van der Waals surface area contributed by atoms with E-state index in [9.17, 15) is 0 Å². The molecule has 0 amide bonds. The summed E-state index contributed by atoms with van der Waals surface area (Å²) >= 11 is 5.15. The molecule has 0 saturated heterocycles. The third kappa shape index (κ3) is 5.45. The van der Waals surface area contributed by atoms with Crippen LogP contribution in [0.25, 0.3) is 0 Å². The minimum Gasteiger partial charge on any atom is -0.248 e. The van der Waals surface area contributed by atoms with E-state index >= 15 is 0 Å². The maximum Gasteiger partial charge on any atom is 0.0714 e. The average Bonchev–Trinajstić information content (AvgIpc) is 2.64. The van der Waals surface area contributed by atoms with Gasteiger partial charge in [-0.25, -0.2) is 4.99 Å². The molecule has 124 valence electrons. The maximum atomic E-state index is 4.81. The summed E-state index contributed by atoms with van der Waals surface area (Å²) in [4.78, 5) is 6.01. The second kappa shape index (κ2) is 8.84. The van der Waals surface area contributed by atoms with Crippen molar-refractivity contribution in [3.05, 3.63) is 106 Å². The summed E-state index contributed by atoms with van der Waals surface area (Å²) in [6.45, 7) is 2.09. The third-order valence-corrected chi connectivity index (χ3v) is 4.94. The second-order valence-corrected chi connectivity index (χ2v) is 7.47. The van der Waals surface area contributed by atoms with Gasteiger partial charge >= 0.3 is 0 Å². The normalized spacial score (nSPS) is 11.8. The first-order chi connectivity index (χ1) is 12.2. The summed E-state index contributed by atoms with van der Waals surface area (Å²) in [5.41, 5.74) is 4.27. The van der Waals surface area contributed by atoms with Crippen molar-refractivity contribution in [3.8, 4) is 0 Å². The first-order valence-electron chi connectivity index (χ1n) is 8.00. The molecule has 0 N–H and O–H groups in total. The topological polar surface area (TPSA) is 12.4 Å². The number of para-hydroxylation sites is 1. The molecule has 0 spiro atoms. The van der Waals surface area contributed by atoms with Gasteiger partial charge in [0, 0.05) is 14.9 Å². The predicted molar refractivity (Wildman–Crippen MR) is 113 cm³/mol. The van der Waals surface area contributed by atoms with Crippen molar-refractivity contribution in [2.24, 2.45) is 4.99 Å². The van der Waals surface area contributed by atoms with Crippen LogP contribution >= 0.6 is 27.7 Å². The van der Waals surface area contributed by atoms with E-state index in [-0.39, 0.29) is 0 Å². The van der Waals surface area contributed by atoms with E-state index in [0.29, 0.717) is 0 Å². The van der Waals surface area contributed by atoms with Crippen LogP contribution in [-0.2, 0) is 0 Å². The van der Waals surface area contributed by atoms with Crippen LogP contribution in [0.15, 0.2) is 105 Å². The molecule has 3 rings (SSSR count).